The molecule has 166 valence electrons. The molecule has 1 N–H and O–H groups in total. The van der Waals surface area contributed by atoms with Crippen LogP contribution < -0.4 is 4.74 Å². The second-order valence-electron chi connectivity index (χ2n) is 7.67. The van der Waals surface area contributed by atoms with Crippen LogP contribution in [0.2, 0.25) is 10.0 Å². The van der Waals surface area contributed by atoms with E-state index in [2.05, 4.69) is 4.98 Å². The largest absolute Gasteiger partial charge is 0.436 e. The third-order valence-corrected chi connectivity index (χ3v) is 7.04. The van der Waals surface area contributed by atoms with Crippen LogP contribution >= 0.6 is 35.0 Å². The first kappa shape index (κ1) is 22.2. The van der Waals surface area contributed by atoms with Gasteiger partial charge in [-0.2, -0.15) is 4.98 Å². The Morgan fingerprint density at radius 3 is 2.36 bits per heavy atom. The van der Waals surface area contributed by atoms with Gasteiger partial charge >= 0.3 is 0 Å². The number of halogens is 2. The minimum atomic E-state index is -0.106. The van der Waals surface area contributed by atoms with E-state index in [1.807, 2.05) is 55.5 Å². The molecule has 0 saturated carbocycles. The van der Waals surface area contributed by atoms with E-state index in [0.717, 1.165) is 44.3 Å². The van der Waals surface area contributed by atoms with Crippen molar-refractivity contribution in [2.45, 2.75) is 30.7 Å². The standard InChI is InChI=1S/C25H19Cl2N3O2S/c1-14-22-20(17(12-31)11-28-14)10-21-24(32-22)29-23(16-4-8-19(27)9-5-16)30-25(21)33-13-15-2-6-18(26)7-3-15/h2-9,11,31H,10,12-13H2,1H3. The monoisotopic (exact) mass is 495 g/mol. The lowest BCUT2D eigenvalue weighted by atomic mass is 9.99. The molecule has 8 heteroatoms. The molecule has 4 aromatic rings. The first-order chi connectivity index (χ1) is 16.0. The van der Waals surface area contributed by atoms with Crippen LogP contribution in [-0.4, -0.2) is 20.1 Å². The van der Waals surface area contributed by atoms with Gasteiger partial charge in [-0.05, 0) is 48.9 Å². The lowest BCUT2D eigenvalue weighted by Gasteiger charge is -2.24. The van der Waals surface area contributed by atoms with Crippen molar-refractivity contribution in [1.82, 2.24) is 15.0 Å². The van der Waals surface area contributed by atoms with Gasteiger partial charge in [-0.1, -0.05) is 35.3 Å². The van der Waals surface area contributed by atoms with Gasteiger partial charge in [-0.15, -0.1) is 11.8 Å². The van der Waals surface area contributed by atoms with Gasteiger partial charge in [0.15, 0.2) is 11.6 Å². The molecule has 0 fully saturated rings. The molecule has 1 aliphatic rings. The highest BCUT2D eigenvalue weighted by molar-refractivity contribution is 7.98. The minimum absolute atomic E-state index is 0.106. The van der Waals surface area contributed by atoms with Crippen molar-refractivity contribution in [2.24, 2.45) is 0 Å². The summed E-state index contributed by atoms with van der Waals surface area (Å²) < 4.78 is 6.26. The van der Waals surface area contributed by atoms with Crippen LogP contribution in [0.3, 0.4) is 0 Å². The number of pyridine rings is 1. The van der Waals surface area contributed by atoms with Crippen LogP contribution in [0.4, 0.5) is 0 Å². The van der Waals surface area contributed by atoms with Gasteiger partial charge in [-0.25, -0.2) is 4.98 Å². The molecule has 3 heterocycles. The SMILES string of the molecule is Cc1ncc(CO)c2c1Oc1nc(-c3ccc(Cl)cc3)nc(SCc3ccc(Cl)cc3)c1C2. The van der Waals surface area contributed by atoms with E-state index in [0.29, 0.717) is 33.9 Å². The first-order valence-electron chi connectivity index (χ1n) is 10.3. The Balaban J connectivity index is 1.58. The molecule has 33 heavy (non-hydrogen) atoms. The molecule has 0 bridgehead atoms. The molecule has 0 saturated heterocycles. The number of thioether (sulfide) groups is 1. The first-order valence-corrected chi connectivity index (χ1v) is 12.1. The van der Waals surface area contributed by atoms with Crippen molar-refractivity contribution in [3.63, 3.8) is 0 Å². The highest BCUT2D eigenvalue weighted by Gasteiger charge is 2.27. The number of aliphatic hydroxyl groups excluding tert-OH is 1. The average Bonchev–Trinajstić information content (AvgIpc) is 2.83. The summed E-state index contributed by atoms with van der Waals surface area (Å²) in [5.41, 5.74) is 5.32. The highest BCUT2D eigenvalue weighted by atomic mass is 35.5. The number of nitrogens with zero attached hydrogens (tertiary/aromatic N) is 3. The van der Waals surface area contributed by atoms with E-state index >= 15 is 0 Å². The van der Waals surface area contributed by atoms with Crippen molar-refractivity contribution < 1.29 is 9.84 Å². The van der Waals surface area contributed by atoms with Crippen LogP contribution in [0.5, 0.6) is 11.6 Å². The number of aliphatic hydroxyl groups is 1. The summed E-state index contributed by atoms with van der Waals surface area (Å²) in [6.07, 6.45) is 2.26. The fourth-order valence-electron chi connectivity index (χ4n) is 3.67. The number of benzene rings is 2. The summed E-state index contributed by atoms with van der Waals surface area (Å²) in [6.45, 7) is 1.79. The van der Waals surface area contributed by atoms with Gasteiger partial charge in [0.25, 0.3) is 0 Å². The van der Waals surface area contributed by atoms with E-state index in [1.54, 1.807) is 18.0 Å². The Morgan fingerprint density at radius 2 is 1.67 bits per heavy atom. The van der Waals surface area contributed by atoms with Crippen LogP contribution in [0.1, 0.15) is 27.9 Å². The number of ether oxygens (including phenoxy) is 1. The molecule has 0 aliphatic carbocycles. The van der Waals surface area contributed by atoms with Crippen LogP contribution in [0.15, 0.2) is 59.8 Å². The lowest BCUT2D eigenvalue weighted by Crippen LogP contribution is -2.13. The van der Waals surface area contributed by atoms with Crippen molar-refractivity contribution in [1.29, 1.82) is 0 Å². The van der Waals surface area contributed by atoms with Gasteiger partial charge < -0.3 is 9.84 Å². The number of hydrogen-bond acceptors (Lipinski definition) is 6. The van der Waals surface area contributed by atoms with Crippen LogP contribution in [0, 0.1) is 6.92 Å². The van der Waals surface area contributed by atoms with Gasteiger partial charge in [0, 0.05) is 45.1 Å². The molecule has 5 rings (SSSR count). The third kappa shape index (κ3) is 4.57. The van der Waals surface area contributed by atoms with Crippen molar-refractivity contribution in [3.05, 3.63) is 92.7 Å². The van der Waals surface area contributed by atoms with E-state index in [-0.39, 0.29) is 6.61 Å². The van der Waals surface area contributed by atoms with Crippen molar-refractivity contribution in [3.8, 4) is 23.0 Å². The molecular formula is C25H19Cl2N3O2S. The maximum Gasteiger partial charge on any atom is 0.227 e. The number of aromatic nitrogens is 3. The van der Waals surface area contributed by atoms with E-state index in [4.69, 9.17) is 37.9 Å². The Morgan fingerprint density at radius 1 is 0.970 bits per heavy atom. The maximum atomic E-state index is 9.84. The zero-order valence-electron chi connectivity index (χ0n) is 17.7. The Kier molecular flexibility index (Phi) is 6.25. The lowest BCUT2D eigenvalue weighted by molar-refractivity contribution is 0.278. The topological polar surface area (TPSA) is 68.1 Å². The maximum absolute atomic E-state index is 9.84. The molecule has 1 aliphatic heterocycles. The molecule has 0 spiro atoms. The summed E-state index contributed by atoms with van der Waals surface area (Å²) >= 11 is 13.7. The smallest absolute Gasteiger partial charge is 0.227 e. The highest BCUT2D eigenvalue weighted by Crippen LogP contribution is 2.43. The summed E-state index contributed by atoms with van der Waals surface area (Å²) in [5.74, 6) is 2.45. The summed E-state index contributed by atoms with van der Waals surface area (Å²) in [4.78, 5) is 14.0. The molecule has 5 nitrogen and oxygen atoms in total. The van der Waals surface area contributed by atoms with Gasteiger partial charge in [0.05, 0.1) is 17.9 Å². The zero-order chi connectivity index (χ0) is 22.9. The van der Waals surface area contributed by atoms with Gasteiger partial charge in [-0.3, -0.25) is 4.98 Å². The number of aryl methyl sites for hydroxylation is 1. The number of fused-ring (bicyclic) bond motifs is 2. The summed E-state index contributed by atoms with van der Waals surface area (Å²) in [6, 6.07) is 15.2. The zero-order valence-corrected chi connectivity index (χ0v) is 20.0. The van der Waals surface area contributed by atoms with Crippen molar-refractivity contribution >= 4 is 35.0 Å². The molecule has 0 atom stereocenters. The second-order valence-corrected chi connectivity index (χ2v) is 9.51. The average molecular weight is 496 g/mol. The molecule has 2 aromatic heterocycles. The fourth-order valence-corrected chi connectivity index (χ4v) is 4.91. The third-order valence-electron chi connectivity index (χ3n) is 5.45. The molecule has 2 aromatic carbocycles. The molecule has 0 amide bonds. The Bertz CT molecular complexity index is 1330. The quantitative estimate of drug-likeness (QED) is 0.218. The van der Waals surface area contributed by atoms with E-state index in [9.17, 15) is 5.11 Å². The normalized spacial score (nSPS) is 12.1. The molecular weight excluding hydrogens is 477 g/mol. The molecule has 0 unspecified atom stereocenters. The second kappa shape index (κ2) is 9.31. The van der Waals surface area contributed by atoms with Crippen LogP contribution in [-0.2, 0) is 18.8 Å². The number of rotatable bonds is 5. The minimum Gasteiger partial charge on any atom is -0.436 e. The fraction of sp³-hybridized carbons (Fsp3) is 0.160. The summed E-state index contributed by atoms with van der Waals surface area (Å²) in [5, 5.41) is 12.0. The van der Waals surface area contributed by atoms with Crippen LogP contribution in [0.25, 0.3) is 11.4 Å². The Labute approximate surface area is 205 Å². The van der Waals surface area contributed by atoms with Gasteiger partial charge in [0.2, 0.25) is 5.88 Å². The van der Waals surface area contributed by atoms with Gasteiger partial charge in [0.1, 0.15) is 5.03 Å². The van der Waals surface area contributed by atoms with E-state index in [1.165, 1.54) is 0 Å². The van der Waals surface area contributed by atoms with Crippen molar-refractivity contribution in [2.75, 3.05) is 0 Å². The number of hydrogen-bond donors (Lipinski definition) is 1. The molecule has 0 radical (unpaired) electrons. The summed E-state index contributed by atoms with van der Waals surface area (Å²) in [7, 11) is 0. The Hall–Kier alpha value is -2.64. The van der Waals surface area contributed by atoms with E-state index < -0.39 is 0 Å². The predicted molar refractivity (Wildman–Crippen MR) is 131 cm³/mol. The predicted octanol–water partition coefficient (Wildman–Crippen LogP) is 6.63.